The number of benzene rings is 2. The summed E-state index contributed by atoms with van der Waals surface area (Å²) in [7, 11) is 0. The van der Waals surface area contributed by atoms with Crippen molar-refractivity contribution in [1.29, 1.82) is 0 Å². The number of para-hydroxylation sites is 1. The zero-order valence-electron chi connectivity index (χ0n) is 13.5. The van der Waals surface area contributed by atoms with Gasteiger partial charge in [0.15, 0.2) is 0 Å². The maximum absolute atomic E-state index is 13.2. The van der Waals surface area contributed by atoms with Gasteiger partial charge in [-0.2, -0.15) is 0 Å². The molecule has 3 rings (SSSR count). The molecule has 0 bridgehead atoms. The van der Waals surface area contributed by atoms with E-state index < -0.39 is 0 Å². The van der Waals surface area contributed by atoms with Crippen LogP contribution in [0.1, 0.15) is 31.5 Å². The molecule has 0 saturated carbocycles. The van der Waals surface area contributed by atoms with Crippen molar-refractivity contribution in [1.82, 2.24) is 4.57 Å². The molecular weight excluding hydrogens is 282 g/mol. The van der Waals surface area contributed by atoms with Crippen molar-refractivity contribution >= 4 is 10.8 Å². The molecule has 0 fully saturated rings. The van der Waals surface area contributed by atoms with Gasteiger partial charge in [-0.15, -0.1) is 0 Å². The van der Waals surface area contributed by atoms with Crippen LogP contribution in [0.4, 0.5) is 0 Å². The van der Waals surface area contributed by atoms with Gasteiger partial charge in [0, 0.05) is 23.4 Å². The first-order chi connectivity index (χ1) is 11.3. The van der Waals surface area contributed by atoms with Gasteiger partial charge in [0.1, 0.15) is 0 Å². The lowest BCUT2D eigenvalue weighted by molar-refractivity contribution is 0.889. The van der Waals surface area contributed by atoms with Gasteiger partial charge in [0.25, 0.3) is 5.56 Å². The second kappa shape index (κ2) is 6.54. The Bertz CT molecular complexity index is 956. The van der Waals surface area contributed by atoms with Crippen LogP contribution in [-0.2, 0) is 6.42 Å². The average Bonchev–Trinajstić information content (AvgIpc) is 2.60. The maximum atomic E-state index is 13.2. The van der Waals surface area contributed by atoms with Crippen LogP contribution >= 0.6 is 0 Å². The molecule has 2 heteroatoms. The SMILES string of the molecule is CCC#Cc1cccc2cc(CC)n(-c3ccccc3)c(=O)c12. The van der Waals surface area contributed by atoms with Crippen LogP contribution in [-0.4, -0.2) is 4.57 Å². The number of hydrogen-bond acceptors (Lipinski definition) is 1. The highest BCUT2D eigenvalue weighted by molar-refractivity contribution is 5.88. The number of nitrogens with zero attached hydrogens (tertiary/aromatic N) is 1. The van der Waals surface area contributed by atoms with Gasteiger partial charge in [-0.05, 0) is 36.1 Å². The lowest BCUT2D eigenvalue weighted by Crippen LogP contribution is -2.22. The minimum absolute atomic E-state index is 0.00607. The first-order valence-corrected chi connectivity index (χ1v) is 7.98. The standard InChI is InChI=1S/C21H19NO/c1-3-5-10-16-11-9-12-17-15-18(4-2)22(21(23)20(16)17)19-13-7-6-8-14-19/h6-9,11-15H,3-4H2,1-2H3. The van der Waals surface area contributed by atoms with Crippen LogP contribution in [0.2, 0.25) is 0 Å². The van der Waals surface area contributed by atoms with Crippen molar-refractivity contribution in [2.45, 2.75) is 26.7 Å². The van der Waals surface area contributed by atoms with Gasteiger partial charge < -0.3 is 0 Å². The van der Waals surface area contributed by atoms with Crippen LogP contribution in [0.3, 0.4) is 0 Å². The summed E-state index contributed by atoms with van der Waals surface area (Å²) < 4.78 is 1.81. The summed E-state index contributed by atoms with van der Waals surface area (Å²) >= 11 is 0. The van der Waals surface area contributed by atoms with E-state index in [0.717, 1.165) is 35.2 Å². The van der Waals surface area contributed by atoms with E-state index in [9.17, 15) is 4.79 Å². The Balaban J connectivity index is 2.41. The molecule has 0 N–H and O–H groups in total. The summed E-state index contributed by atoms with van der Waals surface area (Å²) in [5, 5.41) is 1.66. The van der Waals surface area contributed by atoms with Crippen molar-refractivity contribution in [2.24, 2.45) is 0 Å². The zero-order valence-corrected chi connectivity index (χ0v) is 13.5. The Labute approximate surface area is 136 Å². The minimum atomic E-state index is 0.00607. The molecule has 2 aromatic carbocycles. The Morgan fingerprint density at radius 3 is 2.48 bits per heavy atom. The van der Waals surface area contributed by atoms with Crippen molar-refractivity contribution in [3.63, 3.8) is 0 Å². The van der Waals surface area contributed by atoms with Crippen LogP contribution in [0, 0.1) is 11.8 Å². The Morgan fingerprint density at radius 2 is 1.78 bits per heavy atom. The summed E-state index contributed by atoms with van der Waals surface area (Å²) in [6.45, 7) is 4.08. The van der Waals surface area contributed by atoms with E-state index in [1.807, 2.05) is 55.5 Å². The molecule has 0 atom stereocenters. The largest absolute Gasteiger partial charge is 0.281 e. The van der Waals surface area contributed by atoms with Crippen molar-refractivity contribution in [2.75, 3.05) is 0 Å². The summed E-state index contributed by atoms with van der Waals surface area (Å²) in [6, 6.07) is 17.8. The molecule has 23 heavy (non-hydrogen) atoms. The van der Waals surface area contributed by atoms with Crippen LogP contribution in [0.5, 0.6) is 0 Å². The number of aryl methyl sites for hydroxylation is 1. The molecule has 2 nitrogen and oxygen atoms in total. The lowest BCUT2D eigenvalue weighted by Gasteiger charge is -2.14. The van der Waals surface area contributed by atoms with Gasteiger partial charge in [-0.3, -0.25) is 9.36 Å². The molecule has 0 amide bonds. The normalized spacial score (nSPS) is 10.3. The van der Waals surface area contributed by atoms with Gasteiger partial charge in [0.05, 0.1) is 5.39 Å². The molecule has 0 saturated heterocycles. The molecule has 0 spiro atoms. The van der Waals surface area contributed by atoms with E-state index in [-0.39, 0.29) is 5.56 Å². The lowest BCUT2D eigenvalue weighted by atomic mass is 10.0. The molecule has 3 aromatic rings. The molecule has 0 unspecified atom stereocenters. The van der Waals surface area contributed by atoms with E-state index in [0.29, 0.717) is 5.39 Å². The molecule has 1 heterocycles. The fourth-order valence-electron chi connectivity index (χ4n) is 2.82. The zero-order chi connectivity index (χ0) is 16.2. The molecular formula is C21H19NO. The number of hydrogen-bond donors (Lipinski definition) is 0. The third-order valence-corrected chi connectivity index (χ3v) is 3.90. The minimum Gasteiger partial charge on any atom is -0.281 e. The Morgan fingerprint density at radius 1 is 1.00 bits per heavy atom. The van der Waals surface area contributed by atoms with Crippen LogP contribution < -0.4 is 5.56 Å². The van der Waals surface area contributed by atoms with Gasteiger partial charge in [0.2, 0.25) is 0 Å². The van der Waals surface area contributed by atoms with E-state index in [2.05, 4.69) is 24.8 Å². The summed E-state index contributed by atoms with van der Waals surface area (Å²) in [6.07, 6.45) is 1.57. The van der Waals surface area contributed by atoms with Gasteiger partial charge in [-0.25, -0.2) is 0 Å². The number of fused-ring (bicyclic) bond motifs is 1. The number of pyridine rings is 1. The average molecular weight is 301 g/mol. The highest BCUT2D eigenvalue weighted by atomic mass is 16.1. The first-order valence-electron chi connectivity index (χ1n) is 7.98. The smallest absolute Gasteiger partial charge is 0.264 e. The van der Waals surface area contributed by atoms with Gasteiger partial charge in [-0.1, -0.05) is 56.0 Å². The van der Waals surface area contributed by atoms with Crippen LogP contribution in [0.15, 0.2) is 59.4 Å². The highest BCUT2D eigenvalue weighted by Crippen LogP contribution is 2.19. The predicted molar refractivity (Wildman–Crippen MR) is 96.1 cm³/mol. The summed E-state index contributed by atoms with van der Waals surface area (Å²) in [5.41, 5.74) is 2.72. The van der Waals surface area contributed by atoms with Crippen molar-refractivity contribution in [3.8, 4) is 17.5 Å². The van der Waals surface area contributed by atoms with E-state index in [1.165, 1.54) is 0 Å². The quantitative estimate of drug-likeness (QED) is 0.646. The second-order valence-corrected chi connectivity index (χ2v) is 5.39. The molecule has 0 aliphatic heterocycles. The Kier molecular flexibility index (Phi) is 4.30. The molecule has 0 aliphatic rings. The third-order valence-electron chi connectivity index (χ3n) is 3.90. The monoisotopic (exact) mass is 301 g/mol. The molecule has 1 aromatic heterocycles. The molecule has 0 aliphatic carbocycles. The number of aromatic nitrogens is 1. The maximum Gasteiger partial charge on any atom is 0.264 e. The van der Waals surface area contributed by atoms with E-state index in [1.54, 1.807) is 4.57 Å². The van der Waals surface area contributed by atoms with E-state index in [4.69, 9.17) is 0 Å². The Hall–Kier alpha value is -2.79. The van der Waals surface area contributed by atoms with Crippen molar-refractivity contribution < 1.29 is 0 Å². The van der Waals surface area contributed by atoms with Crippen LogP contribution in [0.25, 0.3) is 16.5 Å². The summed E-state index contributed by atoms with van der Waals surface area (Å²) in [5.74, 6) is 6.20. The summed E-state index contributed by atoms with van der Waals surface area (Å²) in [4.78, 5) is 13.2. The fourth-order valence-corrected chi connectivity index (χ4v) is 2.82. The number of rotatable bonds is 2. The third kappa shape index (κ3) is 2.78. The second-order valence-electron chi connectivity index (χ2n) is 5.39. The van der Waals surface area contributed by atoms with Gasteiger partial charge >= 0.3 is 0 Å². The van der Waals surface area contributed by atoms with E-state index >= 15 is 0 Å². The first kappa shape index (κ1) is 15.1. The molecule has 114 valence electrons. The predicted octanol–water partition coefficient (Wildman–Crippen LogP) is 4.31. The van der Waals surface area contributed by atoms with Crippen molar-refractivity contribution in [3.05, 3.63) is 76.2 Å². The molecule has 0 radical (unpaired) electrons. The topological polar surface area (TPSA) is 22.0 Å². The highest BCUT2D eigenvalue weighted by Gasteiger charge is 2.12. The fraction of sp³-hybridized carbons (Fsp3) is 0.190.